The Morgan fingerprint density at radius 2 is 1.97 bits per heavy atom. The van der Waals surface area contributed by atoms with Gasteiger partial charge in [-0.15, -0.1) is 11.8 Å². The number of nitrogens with zero attached hydrogens (tertiary/aromatic N) is 4. The topological polar surface area (TPSA) is 126 Å². The van der Waals surface area contributed by atoms with Gasteiger partial charge >= 0.3 is 0 Å². The minimum absolute atomic E-state index is 0.104. The van der Waals surface area contributed by atoms with Crippen LogP contribution in [0.5, 0.6) is 0 Å². The summed E-state index contributed by atoms with van der Waals surface area (Å²) >= 11 is 1.22. The number of ether oxygens (including phenoxy) is 1. The van der Waals surface area contributed by atoms with Gasteiger partial charge in [0.2, 0.25) is 0 Å². The second-order valence-corrected chi connectivity index (χ2v) is 9.14. The first-order valence-corrected chi connectivity index (χ1v) is 11.5. The molecule has 3 heterocycles. The molecule has 5 rings (SSSR count). The second-order valence-electron chi connectivity index (χ2n) is 8.08. The molecule has 4 N–H and O–H groups in total. The molecule has 1 saturated heterocycles. The Bertz CT molecular complexity index is 1100. The average Bonchev–Trinajstić information content (AvgIpc) is 3.47. The van der Waals surface area contributed by atoms with Gasteiger partial charge in [-0.25, -0.2) is 19.3 Å². The lowest BCUT2D eigenvalue weighted by Gasteiger charge is -2.18. The van der Waals surface area contributed by atoms with Crippen molar-refractivity contribution in [3.63, 3.8) is 0 Å². The Balaban J connectivity index is 1.34. The SMILES string of the molecule is O[C@@H]1[C@@H](CSc2ccccc2F)OC(n2cnc3c(N[C@H]4CCC[C@H]4O)ncnc32)[C@@H]1O. The molecule has 1 unspecified atom stereocenters. The van der Waals surface area contributed by atoms with Crippen molar-refractivity contribution in [1.29, 1.82) is 0 Å². The summed E-state index contributed by atoms with van der Waals surface area (Å²) in [5.74, 6) is 0.426. The number of imidazole rings is 1. The number of fused-ring (bicyclic) bond motifs is 1. The van der Waals surface area contributed by atoms with E-state index in [4.69, 9.17) is 4.74 Å². The fraction of sp³-hybridized carbons (Fsp3) is 0.476. The molecule has 0 radical (unpaired) electrons. The van der Waals surface area contributed by atoms with Crippen LogP contribution in [0.2, 0.25) is 0 Å². The molecule has 0 bridgehead atoms. The third-order valence-electron chi connectivity index (χ3n) is 6.01. The van der Waals surface area contributed by atoms with Crippen LogP contribution in [0.15, 0.2) is 41.8 Å². The number of anilines is 1. The molecule has 6 atom stereocenters. The van der Waals surface area contributed by atoms with Crippen molar-refractivity contribution in [2.75, 3.05) is 11.1 Å². The molecule has 3 aromatic rings. The van der Waals surface area contributed by atoms with Crippen LogP contribution >= 0.6 is 11.8 Å². The lowest BCUT2D eigenvalue weighted by Crippen LogP contribution is -2.32. The van der Waals surface area contributed by atoms with E-state index in [1.165, 1.54) is 30.5 Å². The first-order valence-electron chi connectivity index (χ1n) is 10.5. The van der Waals surface area contributed by atoms with Gasteiger partial charge in [-0.3, -0.25) is 4.57 Å². The zero-order chi connectivity index (χ0) is 22.2. The Morgan fingerprint density at radius 1 is 1.12 bits per heavy atom. The largest absolute Gasteiger partial charge is 0.391 e. The van der Waals surface area contributed by atoms with E-state index < -0.39 is 30.6 Å². The monoisotopic (exact) mass is 461 g/mol. The van der Waals surface area contributed by atoms with Crippen LogP contribution in [0.25, 0.3) is 11.2 Å². The summed E-state index contributed by atoms with van der Waals surface area (Å²) in [5.41, 5.74) is 0.926. The number of aliphatic hydroxyl groups is 3. The van der Waals surface area contributed by atoms with E-state index in [0.717, 1.165) is 19.3 Å². The van der Waals surface area contributed by atoms with Crippen molar-refractivity contribution in [3.05, 3.63) is 42.7 Å². The average molecular weight is 462 g/mol. The fourth-order valence-electron chi connectivity index (χ4n) is 4.26. The number of hydrogen-bond acceptors (Lipinski definition) is 9. The van der Waals surface area contributed by atoms with Gasteiger partial charge in [-0.2, -0.15) is 0 Å². The van der Waals surface area contributed by atoms with Gasteiger partial charge in [0.05, 0.1) is 24.6 Å². The molecule has 32 heavy (non-hydrogen) atoms. The third-order valence-corrected chi connectivity index (χ3v) is 7.15. The number of aromatic nitrogens is 4. The van der Waals surface area contributed by atoms with Crippen LogP contribution < -0.4 is 5.32 Å². The van der Waals surface area contributed by atoms with Gasteiger partial charge in [-0.1, -0.05) is 12.1 Å². The Hall–Kier alpha value is -2.31. The van der Waals surface area contributed by atoms with Crippen molar-refractivity contribution < 1.29 is 24.4 Å². The summed E-state index contributed by atoms with van der Waals surface area (Å²) in [5, 5.41) is 34.5. The molecular weight excluding hydrogens is 437 g/mol. The third kappa shape index (κ3) is 3.95. The van der Waals surface area contributed by atoms with Crippen molar-refractivity contribution in [3.8, 4) is 0 Å². The Kier molecular flexibility index (Phi) is 5.99. The smallest absolute Gasteiger partial charge is 0.167 e. The van der Waals surface area contributed by atoms with Crippen LogP contribution in [0.1, 0.15) is 25.5 Å². The van der Waals surface area contributed by atoms with Crippen LogP contribution in [-0.4, -0.2) is 71.0 Å². The molecule has 2 aliphatic rings. The first kappa shape index (κ1) is 21.5. The summed E-state index contributed by atoms with van der Waals surface area (Å²) in [7, 11) is 0. The molecule has 1 aromatic carbocycles. The summed E-state index contributed by atoms with van der Waals surface area (Å²) in [6.45, 7) is 0. The zero-order valence-corrected chi connectivity index (χ0v) is 17.9. The van der Waals surface area contributed by atoms with E-state index in [-0.39, 0.29) is 17.6 Å². The minimum atomic E-state index is -1.21. The van der Waals surface area contributed by atoms with Crippen LogP contribution in [0.4, 0.5) is 10.2 Å². The molecule has 1 saturated carbocycles. The van der Waals surface area contributed by atoms with Crippen molar-refractivity contribution in [2.45, 2.75) is 60.8 Å². The molecule has 0 spiro atoms. The summed E-state index contributed by atoms with van der Waals surface area (Å²) < 4.78 is 21.4. The van der Waals surface area contributed by atoms with Gasteiger partial charge in [-0.05, 0) is 31.4 Å². The molecular formula is C21H24FN5O4S. The Morgan fingerprint density at radius 3 is 2.75 bits per heavy atom. The molecule has 170 valence electrons. The van der Waals surface area contributed by atoms with Crippen LogP contribution in [-0.2, 0) is 4.74 Å². The maximum Gasteiger partial charge on any atom is 0.167 e. The number of thioether (sulfide) groups is 1. The summed E-state index contributed by atoms with van der Waals surface area (Å²) in [6, 6.07) is 6.28. The van der Waals surface area contributed by atoms with Gasteiger partial charge in [0, 0.05) is 10.6 Å². The lowest BCUT2D eigenvalue weighted by molar-refractivity contribution is -0.0289. The summed E-state index contributed by atoms with van der Waals surface area (Å²) in [6.07, 6.45) is 0.990. The molecule has 1 aliphatic heterocycles. The normalized spacial score (nSPS) is 30.2. The van der Waals surface area contributed by atoms with Crippen LogP contribution in [0.3, 0.4) is 0 Å². The standard InChI is InChI=1S/C21H24FN5O4S/c22-11-4-1-2-7-15(11)32-8-14-17(29)18(30)21(31-14)27-10-25-16-19(23-9-24-20(16)27)26-12-5-3-6-13(12)28/h1-2,4,7,9-10,12-14,17-18,21,28-30H,3,5-6,8H2,(H,23,24,26)/t12-,13+,14+,17+,18+,21?/m0/s1. The first-order chi connectivity index (χ1) is 15.5. The van der Waals surface area contributed by atoms with E-state index in [9.17, 15) is 19.7 Å². The number of hydrogen-bond donors (Lipinski definition) is 4. The van der Waals surface area contributed by atoms with E-state index in [1.54, 1.807) is 22.8 Å². The van der Waals surface area contributed by atoms with Gasteiger partial charge in [0.15, 0.2) is 23.2 Å². The fourth-order valence-corrected chi connectivity index (χ4v) is 5.26. The molecule has 11 heteroatoms. The van der Waals surface area contributed by atoms with Gasteiger partial charge in [0.25, 0.3) is 0 Å². The molecule has 1 aliphatic carbocycles. The quantitative estimate of drug-likeness (QED) is 0.406. The number of aliphatic hydroxyl groups excluding tert-OH is 3. The minimum Gasteiger partial charge on any atom is -0.391 e. The maximum absolute atomic E-state index is 13.9. The summed E-state index contributed by atoms with van der Waals surface area (Å²) in [4.78, 5) is 13.4. The predicted molar refractivity (Wildman–Crippen MR) is 116 cm³/mol. The van der Waals surface area contributed by atoms with Crippen molar-refractivity contribution in [1.82, 2.24) is 19.5 Å². The highest BCUT2D eigenvalue weighted by atomic mass is 32.2. The van der Waals surface area contributed by atoms with E-state index in [2.05, 4.69) is 20.3 Å². The van der Waals surface area contributed by atoms with E-state index in [1.807, 2.05) is 0 Å². The van der Waals surface area contributed by atoms with E-state index >= 15 is 0 Å². The zero-order valence-electron chi connectivity index (χ0n) is 17.1. The maximum atomic E-state index is 13.9. The molecule has 9 nitrogen and oxygen atoms in total. The van der Waals surface area contributed by atoms with Gasteiger partial charge in [0.1, 0.15) is 24.4 Å². The van der Waals surface area contributed by atoms with E-state index in [0.29, 0.717) is 21.9 Å². The number of halogens is 1. The molecule has 0 amide bonds. The van der Waals surface area contributed by atoms with Gasteiger partial charge < -0.3 is 25.4 Å². The highest BCUT2D eigenvalue weighted by Crippen LogP contribution is 2.35. The highest BCUT2D eigenvalue weighted by Gasteiger charge is 2.44. The molecule has 2 fully saturated rings. The molecule has 2 aromatic heterocycles. The number of nitrogens with one attached hydrogen (secondary N) is 1. The number of benzene rings is 1. The lowest BCUT2D eigenvalue weighted by atomic mass is 10.1. The Labute approximate surface area is 187 Å². The predicted octanol–water partition coefficient (Wildman–Crippen LogP) is 1.70. The van der Waals surface area contributed by atoms with Crippen molar-refractivity contribution in [2.24, 2.45) is 0 Å². The second kappa shape index (κ2) is 8.91. The van der Waals surface area contributed by atoms with Crippen LogP contribution in [0, 0.1) is 5.82 Å². The van der Waals surface area contributed by atoms with Crippen molar-refractivity contribution >= 4 is 28.7 Å². The highest BCUT2D eigenvalue weighted by molar-refractivity contribution is 7.99. The number of rotatable bonds is 6.